The molecule has 0 aliphatic carbocycles. The molecule has 17 heavy (non-hydrogen) atoms. The molecule has 2 aromatic carbocycles. The van der Waals surface area contributed by atoms with Crippen LogP contribution in [0.3, 0.4) is 0 Å². The van der Waals surface area contributed by atoms with E-state index in [0.717, 1.165) is 23.7 Å². The smallest absolute Gasteiger partial charge is 0.160 e. The average molecular weight is 227 g/mol. The molecule has 3 heteroatoms. The molecule has 0 aromatic heterocycles. The Morgan fingerprint density at radius 1 is 1.06 bits per heavy atom. The van der Waals surface area contributed by atoms with Crippen molar-refractivity contribution >= 4 is 5.69 Å². The average Bonchev–Trinajstić information content (AvgIpc) is 2.82. The monoisotopic (exact) mass is 227 g/mol. The van der Waals surface area contributed by atoms with Gasteiger partial charge in [0.2, 0.25) is 0 Å². The summed E-state index contributed by atoms with van der Waals surface area (Å²) in [6.07, 6.45) is 0. The van der Waals surface area contributed by atoms with E-state index in [1.165, 1.54) is 5.56 Å². The van der Waals surface area contributed by atoms with Crippen LogP contribution in [0, 0.1) is 0 Å². The molecule has 2 aromatic rings. The van der Waals surface area contributed by atoms with Gasteiger partial charge in [-0.25, -0.2) is 5.06 Å². The van der Waals surface area contributed by atoms with Crippen LogP contribution in [0.5, 0.6) is 11.5 Å². The zero-order valence-electron chi connectivity index (χ0n) is 9.59. The van der Waals surface area contributed by atoms with E-state index in [1.54, 1.807) is 7.11 Å². The molecule has 1 aliphatic heterocycles. The van der Waals surface area contributed by atoms with Crippen LogP contribution in [-0.4, -0.2) is 7.11 Å². The first-order valence-corrected chi connectivity index (χ1v) is 5.54. The van der Waals surface area contributed by atoms with Gasteiger partial charge in [0.15, 0.2) is 5.75 Å². The third kappa shape index (κ3) is 1.80. The largest absolute Gasteiger partial charge is 0.497 e. The summed E-state index contributed by atoms with van der Waals surface area (Å²) in [5, 5.41) is 1.88. The lowest BCUT2D eigenvalue weighted by molar-refractivity contribution is 0.308. The zero-order valence-corrected chi connectivity index (χ0v) is 9.59. The molecule has 1 aliphatic rings. The molecule has 0 atom stereocenters. The molecule has 0 bridgehead atoms. The van der Waals surface area contributed by atoms with E-state index in [9.17, 15) is 0 Å². The van der Waals surface area contributed by atoms with E-state index in [2.05, 4.69) is 6.07 Å². The van der Waals surface area contributed by atoms with Crippen molar-refractivity contribution in [3.05, 3.63) is 54.1 Å². The maximum absolute atomic E-state index is 5.76. The molecule has 3 rings (SSSR count). The molecule has 0 unspecified atom stereocenters. The molecular weight excluding hydrogens is 214 g/mol. The van der Waals surface area contributed by atoms with Gasteiger partial charge < -0.3 is 9.57 Å². The minimum Gasteiger partial charge on any atom is -0.497 e. The number of fused-ring (bicyclic) bond motifs is 1. The third-order valence-electron chi connectivity index (χ3n) is 2.86. The number of benzene rings is 2. The van der Waals surface area contributed by atoms with E-state index < -0.39 is 0 Å². The van der Waals surface area contributed by atoms with Gasteiger partial charge in [-0.1, -0.05) is 18.2 Å². The molecule has 0 radical (unpaired) electrons. The summed E-state index contributed by atoms with van der Waals surface area (Å²) in [4.78, 5) is 5.76. The minimum absolute atomic E-state index is 0.780. The quantitative estimate of drug-likeness (QED) is 0.787. The zero-order chi connectivity index (χ0) is 11.7. The summed E-state index contributed by atoms with van der Waals surface area (Å²) < 4.78 is 5.13. The van der Waals surface area contributed by atoms with Gasteiger partial charge in [0.1, 0.15) is 5.75 Å². The van der Waals surface area contributed by atoms with Crippen molar-refractivity contribution in [2.45, 2.75) is 6.54 Å². The molecule has 0 saturated carbocycles. The van der Waals surface area contributed by atoms with Crippen LogP contribution in [0.15, 0.2) is 48.5 Å². The number of ether oxygens (including phenoxy) is 1. The van der Waals surface area contributed by atoms with Crippen molar-refractivity contribution in [1.29, 1.82) is 0 Å². The summed E-state index contributed by atoms with van der Waals surface area (Å²) >= 11 is 0. The Morgan fingerprint density at radius 2 is 1.82 bits per heavy atom. The molecule has 86 valence electrons. The third-order valence-corrected chi connectivity index (χ3v) is 2.86. The van der Waals surface area contributed by atoms with Crippen molar-refractivity contribution in [1.82, 2.24) is 0 Å². The van der Waals surface area contributed by atoms with Gasteiger partial charge in [0.05, 0.1) is 19.3 Å². The van der Waals surface area contributed by atoms with Gasteiger partial charge >= 0.3 is 0 Å². The lowest BCUT2D eigenvalue weighted by Crippen LogP contribution is -2.19. The molecule has 0 saturated heterocycles. The molecule has 1 heterocycles. The fraction of sp³-hybridized carbons (Fsp3) is 0.143. The number of nitrogens with zero attached hydrogens (tertiary/aromatic N) is 1. The van der Waals surface area contributed by atoms with Gasteiger partial charge in [-0.2, -0.15) is 0 Å². The maximum Gasteiger partial charge on any atom is 0.160 e. The molecule has 3 nitrogen and oxygen atoms in total. The molecule has 0 N–H and O–H groups in total. The highest BCUT2D eigenvalue weighted by molar-refractivity contribution is 5.52. The number of hydrogen-bond acceptors (Lipinski definition) is 3. The Hall–Kier alpha value is -2.16. The Kier molecular flexibility index (Phi) is 2.37. The predicted molar refractivity (Wildman–Crippen MR) is 66.2 cm³/mol. The highest BCUT2D eigenvalue weighted by atomic mass is 16.7. The maximum atomic E-state index is 5.76. The van der Waals surface area contributed by atoms with Crippen LogP contribution in [0.2, 0.25) is 0 Å². The highest BCUT2D eigenvalue weighted by Gasteiger charge is 2.20. The van der Waals surface area contributed by atoms with Crippen LogP contribution >= 0.6 is 0 Å². The van der Waals surface area contributed by atoms with Gasteiger partial charge in [-0.15, -0.1) is 0 Å². The van der Waals surface area contributed by atoms with Crippen molar-refractivity contribution in [2.75, 3.05) is 12.2 Å². The second-order valence-corrected chi connectivity index (χ2v) is 3.93. The van der Waals surface area contributed by atoms with E-state index in [0.29, 0.717) is 0 Å². The second kappa shape index (κ2) is 4.01. The van der Waals surface area contributed by atoms with Crippen molar-refractivity contribution in [2.24, 2.45) is 0 Å². The van der Waals surface area contributed by atoms with Gasteiger partial charge in [0.25, 0.3) is 0 Å². The van der Waals surface area contributed by atoms with Gasteiger partial charge in [0, 0.05) is 5.56 Å². The Bertz CT molecular complexity index is 497. The molecule has 0 amide bonds. The Morgan fingerprint density at radius 3 is 2.53 bits per heavy atom. The standard InChI is InChI=1S/C14H13NO2/c1-16-13-8-6-12(7-9-13)15-10-11-4-2-3-5-14(11)17-15/h2-9H,10H2,1H3. The number of methoxy groups -OCH3 is 1. The normalized spacial score (nSPS) is 13.1. The molecule has 0 fully saturated rings. The van der Waals surface area contributed by atoms with E-state index >= 15 is 0 Å². The van der Waals surface area contributed by atoms with E-state index in [1.807, 2.05) is 47.5 Å². The van der Waals surface area contributed by atoms with Crippen LogP contribution in [0.1, 0.15) is 5.56 Å². The fourth-order valence-corrected chi connectivity index (χ4v) is 1.92. The predicted octanol–water partition coefficient (Wildman–Crippen LogP) is 3.01. The van der Waals surface area contributed by atoms with Crippen molar-refractivity contribution < 1.29 is 9.57 Å². The number of para-hydroxylation sites is 1. The van der Waals surface area contributed by atoms with E-state index in [4.69, 9.17) is 9.57 Å². The lowest BCUT2D eigenvalue weighted by Gasteiger charge is -2.16. The van der Waals surface area contributed by atoms with Gasteiger partial charge in [-0.05, 0) is 30.3 Å². The summed E-state index contributed by atoms with van der Waals surface area (Å²) in [6.45, 7) is 0.780. The first kappa shape index (κ1) is 10.0. The van der Waals surface area contributed by atoms with Gasteiger partial charge in [-0.3, -0.25) is 0 Å². The lowest BCUT2D eigenvalue weighted by atomic mass is 10.2. The summed E-state index contributed by atoms with van der Waals surface area (Å²) in [6, 6.07) is 15.9. The van der Waals surface area contributed by atoms with Crippen LogP contribution in [0.25, 0.3) is 0 Å². The Balaban J connectivity index is 1.83. The van der Waals surface area contributed by atoms with Crippen molar-refractivity contribution in [3.63, 3.8) is 0 Å². The number of anilines is 1. The Labute approximate surface area is 100 Å². The SMILES string of the molecule is COc1ccc(N2Cc3ccccc3O2)cc1. The number of hydrogen-bond donors (Lipinski definition) is 0. The van der Waals surface area contributed by atoms with Crippen LogP contribution in [-0.2, 0) is 6.54 Å². The summed E-state index contributed by atoms with van der Waals surface area (Å²) in [7, 11) is 1.66. The summed E-state index contributed by atoms with van der Waals surface area (Å²) in [5.41, 5.74) is 2.24. The second-order valence-electron chi connectivity index (χ2n) is 3.93. The molecule has 0 spiro atoms. The van der Waals surface area contributed by atoms with Crippen LogP contribution < -0.4 is 14.6 Å². The first-order chi connectivity index (χ1) is 8.36. The molecular formula is C14H13NO2. The fourth-order valence-electron chi connectivity index (χ4n) is 1.92. The van der Waals surface area contributed by atoms with E-state index in [-0.39, 0.29) is 0 Å². The number of hydroxylamine groups is 1. The number of rotatable bonds is 2. The highest BCUT2D eigenvalue weighted by Crippen LogP contribution is 2.31. The van der Waals surface area contributed by atoms with Crippen molar-refractivity contribution in [3.8, 4) is 11.5 Å². The first-order valence-electron chi connectivity index (χ1n) is 5.54. The topological polar surface area (TPSA) is 21.7 Å². The summed E-state index contributed by atoms with van der Waals surface area (Å²) in [5.74, 6) is 1.79. The van der Waals surface area contributed by atoms with Crippen LogP contribution in [0.4, 0.5) is 5.69 Å². The minimum atomic E-state index is 0.780.